The minimum Gasteiger partial charge on any atom is -0.317 e. The van der Waals surface area contributed by atoms with Crippen LogP contribution in [0, 0.1) is 0 Å². The Bertz CT molecular complexity index is 669. The van der Waals surface area contributed by atoms with E-state index in [1.54, 1.807) is 23.1 Å². The highest BCUT2D eigenvalue weighted by molar-refractivity contribution is 7.99. The van der Waals surface area contributed by atoms with Crippen LogP contribution in [0.5, 0.6) is 0 Å². The average Bonchev–Trinajstić information content (AvgIpc) is 3.06. The van der Waals surface area contributed by atoms with Crippen LogP contribution >= 0.6 is 34.7 Å². The molecule has 0 bridgehead atoms. The molecule has 1 aromatic carbocycles. The van der Waals surface area contributed by atoms with Gasteiger partial charge in [-0.3, -0.25) is 4.79 Å². The van der Waals surface area contributed by atoms with E-state index < -0.39 is 0 Å². The number of thiazole rings is 1. The second-order valence-electron chi connectivity index (χ2n) is 5.76. The van der Waals surface area contributed by atoms with Crippen molar-refractivity contribution in [2.45, 2.75) is 24.5 Å². The number of piperidine rings is 1. The number of benzene rings is 1. The molecular formula is C17H20ClN3OS2. The monoisotopic (exact) mass is 381 g/mol. The van der Waals surface area contributed by atoms with E-state index in [1.807, 2.05) is 30.5 Å². The van der Waals surface area contributed by atoms with E-state index in [4.69, 9.17) is 11.6 Å². The van der Waals surface area contributed by atoms with Crippen molar-refractivity contribution in [1.29, 1.82) is 0 Å². The second-order valence-corrected chi connectivity index (χ2v) is 8.24. The predicted octanol–water partition coefficient (Wildman–Crippen LogP) is 4.14. The maximum atomic E-state index is 12.0. The van der Waals surface area contributed by atoms with Crippen LogP contribution in [0.1, 0.15) is 29.2 Å². The van der Waals surface area contributed by atoms with E-state index in [0.717, 1.165) is 36.7 Å². The predicted molar refractivity (Wildman–Crippen MR) is 103 cm³/mol. The molecule has 4 nitrogen and oxygen atoms in total. The van der Waals surface area contributed by atoms with Gasteiger partial charge in [-0.05, 0) is 49.5 Å². The molecule has 7 heteroatoms. The van der Waals surface area contributed by atoms with Crippen LogP contribution in [0.2, 0.25) is 5.02 Å². The van der Waals surface area contributed by atoms with E-state index in [0.29, 0.717) is 16.8 Å². The van der Waals surface area contributed by atoms with Gasteiger partial charge >= 0.3 is 0 Å². The zero-order valence-corrected chi connectivity index (χ0v) is 15.6. The first kappa shape index (κ1) is 17.7. The molecule has 1 aliphatic rings. The molecule has 0 radical (unpaired) electrons. The number of hydrogen-bond donors (Lipinski definition) is 2. The van der Waals surface area contributed by atoms with Crippen molar-refractivity contribution in [3.05, 3.63) is 45.9 Å². The number of halogens is 1. The van der Waals surface area contributed by atoms with Gasteiger partial charge in [-0.2, -0.15) is 0 Å². The Morgan fingerprint density at radius 2 is 2.08 bits per heavy atom. The first-order valence-electron chi connectivity index (χ1n) is 7.99. The summed E-state index contributed by atoms with van der Waals surface area (Å²) in [4.78, 5) is 17.7. The molecule has 1 aromatic heterocycles. The van der Waals surface area contributed by atoms with Gasteiger partial charge in [0, 0.05) is 21.8 Å². The number of hydrogen-bond acceptors (Lipinski definition) is 5. The SMILES string of the molecule is O=C(CSCc1ccc(Cl)cc1)Nc1ncc(C2CCNCC2)s1. The van der Waals surface area contributed by atoms with Crippen molar-refractivity contribution in [2.75, 3.05) is 24.2 Å². The molecule has 24 heavy (non-hydrogen) atoms. The molecule has 3 rings (SSSR count). The average molecular weight is 382 g/mol. The molecule has 1 aliphatic heterocycles. The number of carbonyl (C=O) groups excluding carboxylic acids is 1. The standard InChI is InChI=1S/C17H20ClN3OS2/c18-14-3-1-12(2-4-14)10-23-11-16(22)21-17-20-9-15(24-17)13-5-7-19-8-6-13/h1-4,9,13,19H,5-8,10-11H2,(H,20,21,22). The summed E-state index contributed by atoms with van der Waals surface area (Å²) in [6.45, 7) is 2.12. The highest BCUT2D eigenvalue weighted by Gasteiger charge is 2.18. The second kappa shape index (κ2) is 8.85. The molecule has 0 aliphatic carbocycles. The van der Waals surface area contributed by atoms with Crippen LogP contribution in [-0.2, 0) is 10.5 Å². The topological polar surface area (TPSA) is 54.0 Å². The minimum atomic E-state index is 0.000161. The zero-order valence-electron chi connectivity index (χ0n) is 13.3. The molecule has 1 amide bonds. The van der Waals surface area contributed by atoms with Gasteiger partial charge in [0.15, 0.2) is 5.13 Å². The van der Waals surface area contributed by atoms with Crippen molar-refractivity contribution in [3.63, 3.8) is 0 Å². The van der Waals surface area contributed by atoms with Gasteiger partial charge < -0.3 is 10.6 Å². The highest BCUT2D eigenvalue weighted by atomic mass is 35.5. The van der Waals surface area contributed by atoms with E-state index in [2.05, 4.69) is 15.6 Å². The summed E-state index contributed by atoms with van der Waals surface area (Å²) in [5, 5.41) is 7.72. The fourth-order valence-corrected chi connectivity index (χ4v) is 4.55. The Morgan fingerprint density at radius 3 is 2.83 bits per heavy atom. The number of nitrogens with one attached hydrogen (secondary N) is 2. The molecule has 0 unspecified atom stereocenters. The van der Waals surface area contributed by atoms with Gasteiger partial charge in [0.05, 0.1) is 5.75 Å². The fourth-order valence-electron chi connectivity index (χ4n) is 2.64. The van der Waals surface area contributed by atoms with Gasteiger partial charge in [-0.15, -0.1) is 23.1 Å². The Kier molecular flexibility index (Phi) is 6.54. The number of carbonyl (C=O) groups is 1. The first-order valence-corrected chi connectivity index (χ1v) is 10.3. The highest BCUT2D eigenvalue weighted by Crippen LogP contribution is 2.31. The van der Waals surface area contributed by atoms with Crippen LogP contribution in [0.15, 0.2) is 30.5 Å². The molecule has 1 fully saturated rings. The largest absolute Gasteiger partial charge is 0.317 e. The van der Waals surface area contributed by atoms with Crippen molar-refractivity contribution >= 4 is 45.7 Å². The van der Waals surface area contributed by atoms with E-state index >= 15 is 0 Å². The molecule has 2 aromatic rings. The number of nitrogens with zero attached hydrogens (tertiary/aromatic N) is 1. The van der Waals surface area contributed by atoms with Crippen LogP contribution in [0.3, 0.4) is 0 Å². The van der Waals surface area contributed by atoms with Crippen molar-refractivity contribution < 1.29 is 4.79 Å². The molecule has 128 valence electrons. The summed E-state index contributed by atoms with van der Waals surface area (Å²) >= 11 is 9.06. The van der Waals surface area contributed by atoms with Crippen LogP contribution in [0.4, 0.5) is 5.13 Å². The summed E-state index contributed by atoms with van der Waals surface area (Å²) in [6.07, 6.45) is 4.20. The zero-order chi connectivity index (χ0) is 16.8. The molecule has 0 spiro atoms. The van der Waals surface area contributed by atoms with Crippen molar-refractivity contribution in [1.82, 2.24) is 10.3 Å². The third kappa shape index (κ3) is 5.21. The summed E-state index contributed by atoms with van der Waals surface area (Å²) in [6, 6.07) is 7.71. The summed E-state index contributed by atoms with van der Waals surface area (Å²) < 4.78 is 0. The third-order valence-corrected chi connectivity index (χ3v) is 6.26. The van der Waals surface area contributed by atoms with Gasteiger partial charge in [0.25, 0.3) is 0 Å². The fraction of sp³-hybridized carbons (Fsp3) is 0.412. The maximum absolute atomic E-state index is 12.0. The Hall–Kier alpha value is -1.08. The van der Waals surface area contributed by atoms with Gasteiger partial charge in [-0.1, -0.05) is 23.7 Å². The van der Waals surface area contributed by atoms with E-state index in [9.17, 15) is 4.79 Å². The number of amides is 1. The smallest absolute Gasteiger partial charge is 0.236 e. The number of anilines is 1. The lowest BCUT2D eigenvalue weighted by atomic mass is 9.97. The quantitative estimate of drug-likeness (QED) is 0.789. The van der Waals surface area contributed by atoms with Gasteiger partial charge in [-0.25, -0.2) is 4.98 Å². The summed E-state index contributed by atoms with van der Waals surface area (Å²) in [5.41, 5.74) is 1.17. The number of thioether (sulfide) groups is 1. The van der Waals surface area contributed by atoms with Crippen molar-refractivity contribution in [2.24, 2.45) is 0 Å². The lowest BCUT2D eigenvalue weighted by Crippen LogP contribution is -2.26. The molecule has 1 saturated heterocycles. The third-order valence-electron chi connectivity index (χ3n) is 3.93. The molecule has 2 heterocycles. The van der Waals surface area contributed by atoms with E-state index in [-0.39, 0.29) is 5.91 Å². The lowest BCUT2D eigenvalue weighted by molar-refractivity contribution is -0.113. The first-order chi connectivity index (χ1) is 11.7. The maximum Gasteiger partial charge on any atom is 0.236 e. The molecular weight excluding hydrogens is 362 g/mol. The summed E-state index contributed by atoms with van der Waals surface area (Å²) in [7, 11) is 0. The Morgan fingerprint density at radius 1 is 1.33 bits per heavy atom. The normalized spacial score (nSPS) is 15.4. The van der Waals surface area contributed by atoms with E-state index in [1.165, 1.54) is 10.4 Å². The van der Waals surface area contributed by atoms with Crippen LogP contribution in [-0.4, -0.2) is 29.7 Å². The molecule has 0 atom stereocenters. The van der Waals surface area contributed by atoms with Gasteiger partial charge in [0.2, 0.25) is 5.91 Å². The Labute approximate surface area is 155 Å². The summed E-state index contributed by atoms with van der Waals surface area (Å²) in [5.74, 6) is 1.79. The number of rotatable bonds is 6. The van der Waals surface area contributed by atoms with Crippen molar-refractivity contribution in [3.8, 4) is 0 Å². The minimum absolute atomic E-state index is 0.000161. The Balaban J connectivity index is 1.43. The molecule has 0 saturated carbocycles. The lowest BCUT2D eigenvalue weighted by Gasteiger charge is -2.20. The van der Waals surface area contributed by atoms with Crippen LogP contribution < -0.4 is 10.6 Å². The number of aromatic nitrogens is 1. The van der Waals surface area contributed by atoms with Crippen LogP contribution in [0.25, 0.3) is 0 Å². The molecule has 2 N–H and O–H groups in total. The van der Waals surface area contributed by atoms with Gasteiger partial charge in [0.1, 0.15) is 0 Å².